The molecular formula is C21H34N6. The molecule has 0 radical (unpaired) electrons. The lowest BCUT2D eigenvalue weighted by Gasteiger charge is -2.35. The van der Waals surface area contributed by atoms with Crippen molar-refractivity contribution in [1.29, 1.82) is 0 Å². The SMILES string of the molecule is C=C(/C=C1/C(N2CCCCC2)=NC(C(/C=N\C(C)CN)=C/C)=CN1N)CC. The molecule has 0 aliphatic carbocycles. The van der Waals surface area contributed by atoms with Gasteiger partial charge in [0, 0.05) is 37.6 Å². The van der Waals surface area contributed by atoms with Gasteiger partial charge in [0.05, 0.1) is 17.4 Å². The Morgan fingerprint density at radius 2 is 2.07 bits per heavy atom. The Hall–Kier alpha value is -2.18. The Kier molecular flexibility index (Phi) is 8.00. The van der Waals surface area contributed by atoms with Gasteiger partial charge < -0.3 is 10.6 Å². The lowest BCUT2D eigenvalue weighted by molar-refractivity contribution is 0.332. The van der Waals surface area contributed by atoms with Crippen LogP contribution in [0.3, 0.4) is 0 Å². The van der Waals surface area contributed by atoms with Crippen molar-refractivity contribution < 1.29 is 0 Å². The minimum Gasteiger partial charge on any atom is -0.355 e. The largest absolute Gasteiger partial charge is 0.355 e. The number of aliphatic imine (C=N–C) groups is 2. The van der Waals surface area contributed by atoms with E-state index in [1.54, 1.807) is 5.01 Å². The molecule has 1 saturated heterocycles. The predicted octanol–water partition coefficient (Wildman–Crippen LogP) is 3.12. The molecule has 0 amide bonds. The topological polar surface area (TPSA) is 83.2 Å². The molecule has 2 rings (SSSR count). The molecule has 27 heavy (non-hydrogen) atoms. The second-order valence-corrected chi connectivity index (χ2v) is 7.05. The van der Waals surface area contributed by atoms with Crippen molar-refractivity contribution in [2.75, 3.05) is 19.6 Å². The molecule has 1 atom stereocenters. The number of piperidine rings is 1. The lowest BCUT2D eigenvalue weighted by atomic mass is 10.1. The van der Waals surface area contributed by atoms with Crippen molar-refractivity contribution in [3.8, 4) is 0 Å². The van der Waals surface area contributed by atoms with E-state index < -0.39 is 0 Å². The molecule has 148 valence electrons. The number of hydrazine groups is 1. The molecule has 0 aromatic heterocycles. The first-order chi connectivity index (χ1) is 13.0. The third-order valence-electron chi connectivity index (χ3n) is 4.86. The monoisotopic (exact) mass is 370 g/mol. The van der Waals surface area contributed by atoms with Gasteiger partial charge in [-0.25, -0.2) is 10.8 Å². The van der Waals surface area contributed by atoms with E-state index in [1.807, 2.05) is 38.4 Å². The van der Waals surface area contributed by atoms with Gasteiger partial charge in [-0.2, -0.15) is 0 Å². The standard InChI is InChI=1S/C21H34N6/c1-5-16(3)12-20-21(26-10-8-7-9-11-26)25-19(15-27(20)23)18(6-2)14-24-17(4)13-22/h6,12,14-15,17H,3,5,7-11,13,22-23H2,1-2,4H3/b18-6+,20-12-,24-14-. The van der Waals surface area contributed by atoms with Crippen molar-refractivity contribution in [2.45, 2.75) is 52.5 Å². The molecule has 1 unspecified atom stereocenters. The van der Waals surface area contributed by atoms with Crippen LogP contribution in [0.2, 0.25) is 0 Å². The van der Waals surface area contributed by atoms with Crippen LogP contribution in [-0.4, -0.2) is 47.6 Å². The van der Waals surface area contributed by atoms with E-state index in [2.05, 4.69) is 23.4 Å². The van der Waals surface area contributed by atoms with Crippen LogP contribution in [-0.2, 0) is 0 Å². The van der Waals surface area contributed by atoms with E-state index in [9.17, 15) is 0 Å². The van der Waals surface area contributed by atoms with Crippen molar-refractivity contribution in [3.63, 3.8) is 0 Å². The van der Waals surface area contributed by atoms with Gasteiger partial charge in [0.2, 0.25) is 0 Å². The molecule has 6 heteroatoms. The zero-order chi connectivity index (χ0) is 19.8. The van der Waals surface area contributed by atoms with Crippen LogP contribution in [0.5, 0.6) is 0 Å². The molecule has 6 nitrogen and oxygen atoms in total. The zero-order valence-corrected chi connectivity index (χ0v) is 17.0. The summed E-state index contributed by atoms with van der Waals surface area (Å²) in [5.74, 6) is 7.31. The summed E-state index contributed by atoms with van der Waals surface area (Å²) >= 11 is 0. The predicted molar refractivity (Wildman–Crippen MR) is 115 cm³/mol. The first kappa shape index (κ1) is 21.1. The number of hydrogen-bond donors (Lipinski definition) is 2. The Balaban J connectivity index is 2.40. The summed E-state index contributed by atoms with van der Waals surface area (Å²) in [6, 6.07) is 0.0759. The number of hydrogen-bond acceptors (Lipinski definition) is 6. The minimum absolute atomic E-state index is 0.0759. The molecule has 0 aromatic carbocycles. The number of rotatable bonds is 6. The van der Waals surface area contributed by atoms with E-state index in [-0.39, 0.29) is 6.04 Å². The number of amidine groups is 1. The highest BCUT2D eigenvalue weighted by molar-refractivity contribution is 6.01. The number of likely N-dealkylation sites (tertiary alicyclic amines) is 1. The first-order valence-electron chi connectivity index (χ1n) is 9.89. The van der Waals surface area contributed by atoms with Crippen molar-refractivity contribution >= 4 is 12.1 Å². The number of nitrogens with two attached hydrogens (primary N) is 2. The molecular weight excluding hydrogens is 336 g/mol. The molecule has 0 spiro atoms. The summed E-state index contributed by atoms with van der Waals surface area (Å²) in [6.45, 7) is 12.7. The van der Waals surface area contributed by atoms with Crippen molar-refractivity contribution in [2.24, 2.45) is 21.6 Å². The van der Waals surface area contributed by atoms with Crippen LogP contribution < -0.4 is 11.6 Å². The molecule has 2 aliphatic rings. The maximum absolute atomic E-state index is 6.39. The molecule has 0 saturated carbocycles. The molecule has 4 N–H and O–H groups in total. The highest BCUT2D eigenvalue weighted by atomic mass is 15.4. The number of nitrogens with zero attached hydrogens (tertiary/aromatic N) is 4. The third kappa shape index (κ3) is 5.65. The first-order valence-corrected chi connectivity index (χ1v) is 9.89. The smallest absolute Gasteiger partial charge is 0.154 e. The summed E-state index contributed by atoms with van der Waals surface area (Å²) in [4.78, 5) is 11.8. The second-order valence-electron chi connectivity index (χ2n) is 7.05. The molecule has 0 aromatic rings. The Labute approximate surface area is 163 Å². The zero-order valence-electron chi connectivity index (χ0n) is 17.0. The summed E-state index contributed by atoms with van der Waals surface area (Å²) in [5, 5.41) is 1.66. The van der Waals surface area contributed by atoms with Crippen molar-refractivity contribution in [3.05, 3.63) is 47.5 Å². The van der Waals surface area contributed by atoms with Crippen molar-refractivity contribution in [1.82, 2.24) is 9.91 Å². The Morgan fingerprint density at radius 3 is 2.67 bits per heavy atom. The van der Waals surface area contributed by atoms with Crippen LogP contribution in [0, 0.1) is 0 Å². The fourth-order valence-corrected chi connectivity index (χ4v) is 2.99. The Bertz CT molecular complexity index is 677. The molecule has 2 aliphatic heterocycles. The van der Waals surface area contributed by atoms with E-state index in [0.29, 0.717) is 6.54 Å². The average Bonchev–Trinajstić information content (AvgIpc) is 2.70. The quantitative estimate of drug-likeness (QED) is 0.556. The van der Waals surface area contributed by atoms with E-state index in [0.717, 1.165) is 47.9 Å². The summed E-state index contributed by atoms with van der Waals surface area (Å²) in [6.07, 6.45) is 12.2. The van der Waals surface area contributed by atoms with Gasteiger partial charge in [0.25, 0.3) is 0 Å². The van der Waals surface area contributed by atoms with E-state index in [1.165, 1.54) is 19.3 Å². The van der Waals surface area contributed by atoms with Gasteiger partial charge in [0.15, 0.2) is 5.84 Å². The summed E-state index contributed by atoms with van der Waals surface area (Å²) < 4.78 is 0. The van der Waals surface area contributed by atoms with Gasteiger partial charge in [-0.1, -0.05) is 25.2 Å². The maximum atomic E-state index is 6.39. The fraction of sp³-hybridized carbons (Fsp3) is 0.524. The van der Waals surface area contributed by atoms with Gasteiger partial charge in [0.1, 0.15) is 0 Å². The lowest BCUT2D eigenvalue weighted by Crippen LogP contribution is -2.43. The molecule has 0 bridgehead atoms. The van der Waals surface area contributed by atoms with E-state index >= 15 is 0 Å². The average molecular weight is 371 g/mol. The van der Waals surface area contributed by atoms with Gasteiger partial charge in [-0.15, -0.1) is 0 Å². The van der Waals surface area contributed by atoms with Crippen LogP contribution in [0.4, 0.5) is 0 Å². The third-order valence-corrected chi connectivity index (χ3v) is 4.86. The van der Waals surface area contributed by atoms with Crippen LogP contribution in [0.15, 0.2) is 57.5 Å². The van der Waals surface area contributed by atoms with Crippen LogP contribution in [0.1, 0.15) is 46.5 Å². The fourth-order valence-electron chi connectivity index (χ4n) is 2.99. The highest BCUT2D eigenvalue weighted by Crippen LogP contribution is 2.25. The summed E-state index contributed by atoms with van der Waals surface area (Å²) in [7, 11) is 0. The van der Waals surface area contributed by atoms with Crippen LogP contribution >= 0.6 is 0 Å². The van der Waals surface area contributed by atoms with Gasteiger partial charge in [-0.05, 0) is 45.6 Å². The highest BCUT2D eigenvalue weighted by Gasteiger charge is 2.25. The molecule has 2 heterocycles. The van der Waals surface area contributed by atoms with Crippen LogP contribution in [0.25, 0.3) is 0 Å². The van der Waals surface area contributed by atoms with E-state index in [4.69, 9.17) is 16.6 Å². The number of allylic oxidation sites excluding steroid dienone is 4. The Morgan fingerprint density at radius 1 is 1.37 bits per heavy atom. The maximum Gasteiger partial charge on any atom is 0.154 e. The normalized spacial score (nSPS) is 21.5. The summed E-state index contributed by atoms with van der Waals surface area (Å²) in [5.41, 5.74) is 9.36. The van der Waals surface area contributed by atoms with Gasteiger partial charge in [-0.3, -0.25) is 10.0 Å². The second kappa shape index (κ2) is 10.2. The van der Waals surface area contributed by atoms with Gasteiger partial charge >= 0.3 is 0 Å². The minimum atomic E-state index is 0.0759. The molecule has 1 fully saturated rings.